The van der Waals surface area contributed by atoms with Crippen LogP contribution < -0.4 is 9.47 Å². The third-order valence-corrected chi connectivity index (χ3v) is 7.65. The summed E-state index contributed by atoms with van der Waals surface area (Å²) < 4.78 is 23.9. The van der Waals surface area contributed by atoms with Gasteiger partial charge in [-0.1, -0.05) is 109 Å². The van der Waals surface area contributed by atoms with Gasteiger partial charge in [0.15, 0.2) is 6.10 Å². The van der Waals surface area contributed by atoms with Gasteiger partial charge in [-0.15, -0.1) is 0 Å². The van der Waals surface area contributed by atoms with Crippen molar-refractivity contribution in [1.82, 2.24) is 0 Å². The summed E-state index contributed by atoms with van der Waals surface area (Å²) in [5.41, 5.74) is 3.62. The zero-order chi connectivity index (χ0) is 31.6. The van der Waals surface area contributed by atoms with Crippen molar-refractivity contribution in [3.05, 3.63) is 94.5 Å². The van der Waals surface area contributed by atoms with Gasteiger partial charge in [-0.05, 0) is 66.6 Å². The Labute approximate surface area is 264 Å². The van der Waals surface area contributed by atoms with E-state index >= 15 is 0 Å². The molecular weight excluding hydrogens is 552 g/mol. The first-order chi connectivity index (χ1) is 21.5. The minimum Gasteiger partial charge on any atom is -0.493 e. The molecule has 0 bridgehead atoms. The molecular formula is C38H50O6. The van der Waals surface area contributed by atoms with Crippen LogP contribution in [0, 0.1) is 0 Å². The van der Waals surface area contributed by atoms with Crippen LogP contribution in [0.1, 0.15) is 123 Å². The average molecular weight is 603 g/mol. The summed E-state index contributed by atoms with van der Waals surface area (Å²) in [6, 6.07) is 20.5. The molecule has 0 aromatic heterocycles. The Hall–Kier alpha value is -3.80. The number of aryl methyl sites for hydroxylation is 2. The minimum absolute atomic E-state index is 0.139. The zero-order valence-corrected chi connectivity index (χ0v) is 27.1. The highest BCUT2D eigenvalue weighted by Gasteiger charge is 2.24. The highest BCUT2D eigenvalue weighted by Crippen LogP contribution is 2.28. The van der Waals surface area contributed by atoms with Gasteiger partial charge in [0.1, 0.15) is 29.2 Å². The van der Waals surface area contributed by atoms with Crippen molar-refractivity contribution in [3.8, 4) is 11.5 Å². The normalized spacial score (nSPS) is 11.5. The summed E-state index contributed by atoms with van der Waals surface area (Å²) in [5.74, 6) is 0.00310. The molecule has 1 atom stereocenters. The van der Waals surface area contributed by atoms with Gasteiger partial charge < -0.3 is 18.9 Å². The molecule has 0 saturated heterocycles. The van der Waals surface area contributed by atoms with Crippen LogP contribution in [0.4, 0.5) is 0 Å². The van der Waals surface area contributed by atoms with Crippen LogP contribution in [0.2, 0.25) is 0 Å². The molecule has 3 rings (SSSR count). The van der Waals surface area contributed by atoms with Crippen LogP contribution >= 0.6 is 0 Å². The number of rotatable bonds is 20. The predicted octanol–water partition coefficient (Wildman–Crippen LogP) is 9.48. The molecule has 6 nitrogen and oxygen atoms in total. The molecule has 0 aliphatic carbocycles. The molecule has 44 heavy (non-hydrogen) atoms. The molecule has 3 aromatic rings. The van der Waals surface area contributed by atoms with Crippen LogP contribution in [-0.2, 0) is 22.3 Å². The molecule has 1 unspecified atom stereocenters. The molecule has 0 fully saturated rings. The van der Waals surface area contributed by atoms with E-state index in [1.165, 1.54) is 0 Å². The van der Waals surface area contributed by atoms with Gasteiger partial charge in [0.05, 0.1) is 13.2 Å². The molecule has 0 N–H and O–H groups in total. The first-order valence-corrected chi connectivity index (χ1v) is 16.4. The molecule has 0 aliphatic heterocycles. The van der Waals surface area contributed by atoms with Crippen molar-refractivity contribution in [2.45, 2.75) is 98.0 Å². The lowest BCUT2D eigenvalue weighted by Gasteiger charge is -2.20. The standard InChI is InChI=1S/C38H50O6/c1-5-9-11-16-24-41-34-26-29(7-3)20-22-32(34)37(39)43-28-36(31-18-14-13-15-19-31)44-38(40)33-23-21-30(8-4)27-35(33)42-25-17-12-10-6-2/h13-15,18-23,26-27,36H,5-12,16-17,24-25,28H2,1-4H3. The summed E-state index contributed by atoms with van der Waals surface area (Å²) in [5, 5.41) is 0. The number of benzene rings is 3. The van der Waals surface area contributed by atoms with E-state index in [4.69, 9.17) is 18.9 Å². The third kappa shape index (κ3) is 11.0. The Balaban J connectivity index is 1.75. The molecule has 0 radical (unpaired) electrons. The van der Waals surface area contributed by atoms with Crippen LogP contribution in [-0.4, -0.2) is 31.8 Å². The molecule has 0 saturated carbocycles. The summed E-state index contributed by atoms with van der Waals surface area (Å²) >= 11 is 0. The highest BCUT2D eigenvalue weighted by molar-refractivity contribution is 5.93. The number of unbranched alkanes of at least 4 members (excludes halogenated alkanes) is 6. The maximum Gasteiger partial charge on any atom is 0.342 e. The lowest BCUT2D eigenvalue weighted by atomic mass is 10.1. The van der Waals surface area contributed by atoms with E-state index in [0.29, 0.717) is 35.8 Å². The molecule has 0 spiro atoms. The van der Waals surface area contributed by atoms with Gasteiger partial charge in [0.2, 0.25) is 0 Å². The fourth-order valence-electron chi connectivity index (χ4n) is 4.86. The van der Waals surface area contributed by atoms with E-state index < -0.39 is 18.0 Å². The van der Waals surface area contributed by atoms with Crippen molar-refractivity contribution in [3.63, 3.8) is 0 Å². The van der Waals surface area contributed by atoms with E-state index in [-0.39, 0.29) is 6.61 Å². The fraction of sp³-hybridized carbons (Fsp3) is 0.474. The van der Waals surface area contributed by atoms with E-state index in [1.54, 1.807) is 12.1 Å². The second-order valence-corrected chi connectivity index (χ2v) is 11.1. The van der Waals surface area contributed by atoms with E-state index in [9.17, 15) is 9.59 Å². The summed E-state index contributed by atoms with van der Waals surface area (Å²) in [4.78, 5) is 26.9. The molecule has 0 heterocycles. The number of ether oxygens (including phenoxy) is 4. The number of hydrogen-bond acceptors (Lipinski definition) is 6. The summed E-state index contributed by atoms with van der Waals surface area (Å²) in [6.07, 6.45) is 9.47. The topological polar surface area (TPSA) is 71.1 Å². The molecule has 0 aliphatic rings. The Morgan fingerprint density at radius 2 is 1.14 bits per heavy atom. The molecule has 238 valence electrons. The smallest absolute Gasteiger partial charge is 0.342 e. The van der Waals surface area contributed by atoms with Crippen molar-refractivity contribution in [1.29, 1.82) is 0 Å². The molecule has 6 heteroatoms. The summed E-state index contributed by atoms with van der Waals surface area (Å²) in [6.45, 7) is 9.41. The fourth-order valence-corrected chi connectivity index (χ4v) is 4.86. The Bertz CT molecular complexity index is 1290. The van der Waals surface area contributed by atoms with Gasteiger partial charge >= 0.3 is 11.9 Å². The van der Waals surface area contributed by atoms with E-state index in [1.807, 2.05) is 54.6 Å². The molecule has 3 aromatic carbocycles. The monoisotopic (exact) mass is 602 g/mol. The second-order valence-electron chi connectivity index (χ2n) is 11.1. The van der Waals surface area contributed by atoms with Gasteiger partial charge in [-0.2, -0.15) is 0 Å². The number of hydrogen-bond donors (Lipinski definition) is 0. The zero-order valence-electron chi connectivity index (χ0n) is 27.1. The van der Waals surface area contributed by atoms with Crippen LogP contribution in [0.25, 0.3) is 0 Å². The lowest BCUT2D eigenvalue weighted by Crippen LogP contribution is -2.20. The van der Waals surface area contributed by atoms with Crippen LogP contribution in [0.3, 0.4) is 0 Å². The number of carbonyl (C=O) groups is 2. The summed E-state index contributed by atoms with van der Waals surface area (Å²) in [7, 11) is 0. The van der Waals surface area contributed by atoms with E-state index in [0.717, 1.165) is 80.9 Å². The Kier molecular flexibility index (Phi) is 15.4. The first kappa shape index (κ1) is 34.7. The largest absolute Gasteiger partial charge is 0.493 e. The third-order valence-electron chi connectivity index (χ3n) is 7.65. The quantitative estimate of drug-likeness (QED) is 0.0947. The maximum absolute atomic E-state index is 13.6. The van der Waals surface area contributed by atoms with Crippen molar-refractivity contribution < 1.29 is 28.5 Å². The van der Waals surface area contributed by atoms with Crippen LogP contribution in [0.5, 0.6) is 11.5 Å². The van der Waals surface area contributed by atoms with Crippen molar-refractivity contribution in [2.75, 3.05) is 19.8 Å². The minimum atomic E-state index is -0.802. The Morgan fingerprint density at radius 1 is 0.614 bits per heavy atom. The second kappa shape index (κ2) is 19.5. The van der Waals surface area contributed by atoms with Crippen molar-refractivity contribution >= 4 is 11.9 Å². The highest BCUT2D eigenvalue weighted by atomic mass is 16.6. The SMILES string of the molecule is CCCCCCOc1cc(CC)ccc1C(=O)OCC(OC(=O)c1ccc(CC)cc1OCCCCCC)c1ccccc1. The predicted molar refractivity (Wildman–Crippen MR) is 176 cm³/mol. The average Bonchev–Trinajstić information content (AvgIpc) is 3.06. The van der Waals surface area contributed by atoms with Gasteiger partial charge in [0.25, 0.3) is 0 Å². The Morgan fingerprint density at radius 3 is 1.64 bits per heavy atom. The number of esters is 2. The lowest BCUT2D eigenvalue weighted by molar-refractivity contribution is -0.00176. The van der Waals surface area contributed by atoms with Crippen molar-refractivity contribution in [2.24, 2.45) is 0 Å². The first-order valence-electron chi connectivity index (χ1n) is 16.4. The molecule has 0 amide bonds. The van der Waals surface area contributed by atoms with Gasteiger partial charge in [0, 0.05) is 0 Å². The van der Waals surface area contributed by atoms with E-state index in [2.05, 4.69) is 27.7 Å². The van der Waals surface area contributed by atoms with Crippen LogP contribution in [0.15, 0.2) is 66.7 Å². The van der Waals surface area contributed by atoms with Gasteiger partial charge in [-0.25, -0.2) is 9.59 Å². The van der Waals surface area contributed by atoms with Gasteiger partial charge in [-0.3, -0.25) is 0 Å². The maximum atomic E-state index is 13.6. The number of carbonyl (C=O) groups excluding carboxylic acids is 2.